The van der Waals surface area contributed by atoms with Crippen molar-refractivity contribution in [1.29, 1.82) is 0 Å². The Labute approximate surface area is 128 Å². The smallest absolute Gasteiger partial charge is 0.326 e. The molecule has 0 saturated heterocycles. The molecule has 2 N–H and O–H groups in total. The van der Waals surface area contributed by atoms with Crippen LogP contribution in [0.3, 0.4) is 0 Å². The van der Waals surface area contributed by atoms with E-state index in [9.17, 15) is 14.4 Å². The number of methoxy groups -OCH3 is 1. The number of aliphatic carboxylic acids is 1. The zero-order valence-electron chi connectivity index (χ0n) is 12.4. The van der Waals surface area contributed by atoms with Crippen molar-refractivity contribution in [2.45, 2.75) is 31.7 Å². The van der Waals surface area contributed by atoms with E-state index < -0.39 is 17.9 Å². The maximum absolute atomic E-state index is 12.0. The minimum Gasteiger partial charge on any atom is -0.497 e. The number of carboxylic acids is 1. The van der Waals surface area contributed by atoms with Crippen LogP contribution in [0.1, 0.15) is 36.0 Å². The van der Waals surface area contributed by atoms with E-state index in [1.807, 2.05) is 0 Å². The van der Waals surface area contributed by atoms with Crippen LogP contribution in [-0.4, -0.2) is 35.9 Å². The van der Waals surface area contributed by atoms with Gasteiger partial charge in [0.25, 0.3) is 0 Å². The summed E-state index contributed by atoms with van der Waals surface area (Å²) in [7, 11) is 1.54. The Hall–Kier alpha value is -2.37. The molecule has 0 heterocycles. The SMILES string of the molecule is COc1ccc(C(=O)CCC(=O)NC(C(=O)O)C2CC2)cc1. The molecule has 2 rings (SSSR count). The second-order valence-electron chi connectivity index (χ2n) is 5.37. The van der Waals surface area contributed by atoms with E-state index in [1.54, 1.807) is 31.4 Å². The van der Waals surface area contributed by atoms with Gasteiger partial charge >= 0.3 is 5.97 Å². The normalized spacial score (nSPS) is 15.0. The quantitative estimate of drug-likeness (QED) is 0.712. The third-order valence-electron chi connectivity index (χ3n) is 3.67. The number of hydrogen-bond donors (Lipinski definition) is 2. The van der Waals surface area contributed by atoms with Gasteiger partial charge in [0.2, 0.25) is 5.91 Å². The first-order valence-electron chi connectivity index (χ1n) is 7.20. The van der Waals surface area contributed by atoms with Gasteiger partial charge in [-0.05, 0) is 43.0 Å². The summed E-state index contributed by atoms with van der Waals surface area (Å²) in [6.45, 7) is 0. The molecule has 0 aliphatic heterocycles. The predicted molar refractivity (Wildman–Crippen MR) is 78.8 cm³/mol. The van der Waals surface area contributed by atoms with Crippen molar-refractivity contribution in [1.82, 2.24) is 5.32 Å². The Kier molecular flexibility index (Phi) is 5.14. The average molecular weight is 305 g/mol. The van der Waals surface area contributed by atoms with Gasteiger partial charge in [0.1, 0.15) is 11.8 Å². The highest BCUT2D eigenvalue weighted by Gasteiger charge is 2.37. The summed E-state index contributed by atoms with van der Waals surface area (Å²) in [5, 5.41) is 11.5. The lowest BCUT2D eigenvalue weighted by molar-refractivity contribution is -0.142. The zero-order valence-corrected chi connectivity index (χ0v) is 12.4. The van der Waals surface area contributed by atoms with E-state index in [0.29, 0.717) is 11.3 Å². The summed E-state index contributed by atoms with van der Waals surface area (Å²) >= 11 is 0. The largest absolute Gasteiger partial charge is 0.497 e. The minimum atomic E-state index is -1.02. The Morgan fingerprint density at radius 2 is 1.86 bits per heavy atom. The van der Waals surface area contributed by atoms with Gasteiger partial charge in [-0.1, -0.05) is 0 Å². The number of nitrogens with one attached hydrogen (secondary N) is 1. The monoisotopic (exact) mass is 305 g/mol. The highest BCUT2D eigenvalue weighted by atomic mass is 16.5. The summed E-state index contributed by atoms with van der Waals surface area (Å²) in [5.74, 6) is -0.892. The maximum atomic E-state index is 12.0. The Morgan fingerprint density at radius 3 is 2.36 bits per heavy atom. The number of carbonyl (C=O) groups is 3. The van der Waals surface area contributed by atoms with Crippen LogP contribution in [-0.2, 0) is 9.59 Å². The predicted octanol–water partition coefficient (Wildman–Crippen LogP) is 1.64. The van der Waals surface area contributed by atoms with E-state index in [0.717, 1.165) is 12.8 Å². The van der Waals surface area contributed by atoms with E-state index in [4.69, 9.17) is 9.84 Å². The number of amides is 1. The summed E-state index contributed by atoms with van der Waals surface area (Å²) < 4.78 is 5.01. The molecule has 6 heteroatoms. The van der Waals surface area contributed by atoms with Crippen molar-refractivity contribution in [2.24, 2.45) is 5.92 Å². The summed E-state index contributed by atoms with van der Waals surface area (Å²) in [4.78, 5) is 34.8. The molecule has 0 aromatic heterocycles. The van der Waals surface area contributed by atoms with Crippen LogP contribution >= 0.6 is 0 Å². The van der Waals surface area contributed by atoms with Gasteiger partial charge in [0.05, 0.1) is 7.11 Å². The Morgan fingerprint density at radius 1 is 1.23 bits per heavy atom. The van der Waals surface area contributed by atoms with Gasteiger partial charge in [-0.2, -0.15) is 0 Å². The number of carboxylic acid groups (broad SMARTS) is 1. The lowest BCUT2D eigenvalue weighted by Gasteiger charge is -2.13. The number of Topliss-reactive ketones (excluding diaryl/α,β-unsaturated/α-hetero) is 1. The van der Waals surface area contributed by atoms with Crippen molar-refractivity contribution in [3.63, 3.8) is 0 Å². The number of ether oxygens (including phenoxy) is 1. The first-order valence-corrected chi connectivity index (χ1v) is 7.20. The average Bonchev–Trinajstić information content (AvgIpc) is 3.34. The van der Waals surface area contributed by atoms with Gasteiger partial charge in [-0.15, -0.1) is 0 Å². The molecule has 1 fully saturated rings. The fraction of sp³-hybridized carbons (Fsp3) is 0.438. The topological polar surface area (TPSA) is 92.7 Å². The fourth-order valence-electron chi connectivity index (χ4n) is 2.20. The highest BCUT2D eigenvalue weighted by molar-refractivity contribution is 5.98. The van der Waals surface area contributed by atoms with E-state index in [1.165, 1.54) is 0 Å². The summed E-state index contributed by atoms with van der Waals surface area (Å²) in [6.07, 6.45) is 1.68. The molecule has 0 radical (unpaired) electrons. The van der Waals surface area contributed by atoms with E-state index >= 15 is 0 Å². The first kappa shape index (κ1) is 16.0. The molecule has 6 nitrogen and oxygen atoms in total. The van der Waals surface area contributed by atoms with Crippen LogP contribution in [0.2, 0.25) is 0 Å². The number of carbonyl (C=O) groups excluding carboxylic acids is 2. The van der Waals surface area contributed by atoms with Crippen LogP contribution in [0.25, 0.3) is 0 Å². The summed E-state index contributed by atoms with van der Waals surface area (Å²) in [5.41, 5.74) is 0.505. The van der Waals surface area contributed by atoms with Gasteiger partial charge in [-0.3, -0.25) is 9.59 Å². The maximum Gasteiger partial charge on any atom is 0.326 e. The van der Waals surface area contributed by atoms with Gasteiger partial charge in [0.15, 0.2) is 5.78 Å². The number of benzene rings is 1. The van der Waals surface area contributed by atoms with Crippen LogP contribution in [0.15, 0.2) is 24.3 Å². The van der Waals surface area contributed by atoms with E-state index in [2.05, 4.69) is 5.32 Å². The molecule has 22 heavy (non-hydrogen) atoms. The standard InChI is InChI=1S/C16H19NO5/c1-22-12-6-4-10(5-7-12)13(18)8-9-14(19)17-15(16(20)21)11-2-3-11/h4-7,11,15H,2-3,8-9H2,1H3,(H,17,19)(H,20,21). The third kappa shape index (κ3) is 4.31. The number of hydrogen-bond acceptors (Lipinski definition) is 4. The highest BCUT2D eigenvalue weighted by Crippen LogP contribution is 2.32. The molecular weight excluding hydrogens is 286 g/mol. The van der Waals surface area contributed by atoms with Gasteiger partial charge in [-0.25, -0.2) is 4.79 Å². The molecule has 1 atom stereocenters. The van der Waals surface area contributed by atoms with E-state index in [-0.39, 0.29) is 24.5 Å². The second kappa shape index (κ2) is 7.06. The zero-order chi connectivity index (χ0) is 16.1. The summed E-state index contributed by atoms with van der Waals surface area (Å²) in [6, 6.07) is 5.82. The third-order valence-corrected chi connectivity index (χ3v) is 3.67. The van der Waals surface area contributed by atoms with Crippen molar-refractivity contribution in [3.05, 3.63) is 29.8 Å². The van der Waals surface area contributed by atoms with Gasteiger partial charge in [0, 0.05) is 18.4 Å². The first-order chi connectivity index (χ1) is 10.5. The van der Waals surface area contributed by atoms with Crippen molar-refractivity contribution in [2.75, 3.05) is 7.11 Å². The fourth-order valence-corrected chi connectivity index (χ4v) is 2.20. The lowest BCUT2D eigenvalue weighted by Crippen LogP contribution is -2.42. The Balaban J connectivity index is 1.81. The molecule has 1 saturated carbocycles. The molecule has 1 amide bonds. The second-order valence-corrected chi connectivity index (χ2v) is 5.37. The molecule has 1 aliphatic rings. The van der Waals surface area contributed by atoms with Crippen LogP contribution in [0, 0.1) is 5.92 Å². The molecule has 118 valence electrons. The lowest BCUT2D eigenvalue weighted by atomic mass is 10.1. The van der Waals surface area contributed by atoms with Crippen LogP contribution < -0.4 is 10.1 Å². The molecule has 1 aromatic carbocycles. The minimum absolute atomic E-state index is 0.0125. The van der Waals surface area contributed by atoms with Gasteiger partial charge < -0.3 is 15.2 Å². The van der Waals surface area contributed by atoms with Crippen molar-refractivity contribution < 1.29 is 24.2 Å². The van der Waals surface area contributed by atoms with Crippen molar-refractivity contribution >= 4 is 17.7 Å². The molecule has 1 aromatic rings. The number of rotatable bonds is 8. The van der Waals surface area contributed by atoms with Crippen LogP contribution in [0.5, 0.6) is 5.75 Å². The Bertz CT molecular complexity index is 562. The molecule has 1 aliphatic carbocycles. The number of ketones is 1. The molecule has 0 bridgehead atoms. The molecular formula is C16H19NO5. The molecule has 1 unspecified atom stereocenters. The molecule has 0 spiro atoms. The van der Waals surface area contributed by atoms with Crippen LogP contribution in [0.4, 0.5) is 0 Å². The van der Waals surface area contributed by atoms with Crippen molar-refractivity contribution in [3.8, 4) is 5.75 Å².